The van der Waals surface area contributed by atoms with E-state index in [1.807, 2.05) is 32.9 Å². The fourth-order valence-electron chi connectivity index (χ4n) is 1.70. The van der Waals surface area contributed by atoms with Crippen molar-refractivity contribution in [2.75, 3.05) is 13.7 Å². The van der Waals surface area contributed by atoms with E-state index in [-0.39, 0.29) is 12.2 Å². The van der Waals surface area contributed by atoms with Crippen molar-refractivity contribution < 1.29 is 9.47 Å². The largest absolute Gasteiger partial charge is 0.496 e. The first kappa shape index (κ1) is 13.0. The topological polar surface area (TPSA) is 44.5 Å². The van der Waals surface area contributed by atoms with Crippen molar-refractivity contribution in [2.24, 2.45) is 5.73 Å². The Balaban J connectivity index is 2.89. The Bertz CT molecular complexity index is 337. The van der Waals surface area contributed by atoms with E-state index in [1.165, 1.54) is 0 Å². The number of hydrogen-bond acceptors (Lipinski definition) is 3. The predicted molar refractivity (Wildman–Crippen MR) is 65.7 cm³/mol. The van der Waals surface area contributed by atoms with Gasteiger partial charge in [-0.2, -0.15) is 0 Å². The van der Waals surface area contributed by atoms with E-state index in [0.29, 0.717) is 6.54 Å². The third kappa shape index (κ3) is 3.22. The fraction of sp³-hybridized carbons (Fsp3) is 0.538. The minimum atomic E-state index is -0.0374. The van der Waals surface area contributed by atoms with Gasteiger partial charge in [0.15, 0.2) is 0 Å². The molecule has 0 bridgehead atoms. The van der Waals surface area contributed by atoms with Crippen LogP contribution >= 0.6 is 0 Å². The summed E-state index contributed by atoms with van der Waals surface area (Å²) < 4.78 is 11.0. The summed E-state index contributed by atoms with van der Waals surface area (Å²) in [5, 5.41) is 0. The van der Waals surface area contributed by atoms with Gasteiger partial charge in [0.25, 0.3) is 0 Å². The summed E-state index contributed by atoms with van der Waals surface area (Å²) in [6, 6.07) is 6.03. The Labute approximate surface area is 97.6 Å². The van der Waals surface area contributed by atoms with E-state index in [0.717, 1.165) is 16.9 Å². The molecule has 1 aromatic carbocycles. The normalized spacial score (nSPS) is 12.9. The Hall–Kier alpha value is -1.06. The van der Waals surface area contributed by atoms with Crippen LogP contribution in [0.1, 0.15) is 31.1 Å². The molecule has 90 valence electrons. The minimum absolute atomic E-state index is 0.0374. The number of rotatable bonds is 5. The van der Waals surface area contributed by atoms with E-state index in [4.69, 9.17) is 15.2 Å². The second kappa shape index (κ2) is 5.87. The molecular formula is C13H21NO2. The van der Waals surface area contributed by atoms with Crippen molar-refractivity contribution in [3.8, 4) is 5.75 Å². The van der Waals surface area contributed by atoms with Gasteiger partial charge >= 0.3 is 0 Å². The SMILES string of the molecule is COc1ccc(C(CN)OC(C)C)cc1C. The molecule has 3 heteroatoms. The molecule has 0 heterocycles. The van der Waals surface area contributed by atoms with Crippen molar-refractivity contribution in [2.45, 2.75) is 33.0 Å². The number of aryl methyl sites for hydroxylation is 1. The summed E-state index contributed by atoms with van der Waals surface area (Å²) in [6.07, 6.45) is 0.139. The third-order valence-corrected chi connectivity index (χ3v) is 2.44. The van der Waals surface area contributed by atoms with Crippen molar-refractivity contribution in [3.63, 3.8) is 0 Å². The van der Waals surface area contributed by atoms with E-state index < -0.39 is 0 Å². The minimum Gasteiger partial charge on any atom is -0.496 e. The van der Waals surface area contributed by atoms with Crippen molar-refractivity contribution in [1.29, 1.82) is 0 Å². The smallest absolute Gasteiger partial charge is 0.121 e. The highest BCUT2D eigenvalue weighted by atomic mass is 16.5. The number of methoxy groups -OCH3 is 1. The van der Waals surface area contributed by atoms with E-state index in [9.17, 15) is 0 Å². The molecule has 16 heavy (non-hydrogen) atoms. The van der Waals surface area contributed by atoms with Gasteiger partial charge < -0.3 is 15.2 Å². The average molecular weight is 223 g/mol. The molecule has 2 N–H and O–H groups in total. The first-order valence-corrected chi connectivity index (χ1v) is 5.58. The van der Waals surface area contributed by atoms with Gasteiger partial charge in [0, 0.05) is 6.54 Å². The van der Waals surface area contributed by atoms with Gasteiger partial charge in [-0.3, -0.25) is 0 Å². The zero-order valence-corrected chi connectivity index (χ0v) is 10.5. The summed E-state index contributed by atoms with van der Waals surface area (Å²) in [4.78, 5) is 0. The lowest BCUT2D eigenvalue weighted by molar-refractivity contribution is 0.0119. The molecule has 0 amide bonds. The van der Waals surface area contributed by atoms with Crippen molar-refractivity contribution in [1.82, 2.24) is 0 Å². The molecule has 0 aromatic heterocycles. The standard InChI is InChI=1S/C13H21NO2/c1-9(2)16-13(8-14)11-5-6-12(15-4)10(3)7-11/h5-7,9,13H,8,14H2,1-4H3. The van der Waals surface area contributed by atoms with E-state index in [1.54, 1.807) is 7.11 Å². The van der Waals surface area contributed by atoms with Crippen LogP contribution in [-0.2, 0) is 4.74 Å². The van der Waals surface area contributed by atoms with Gasteiger partial charge in [-0.25, -0.2) is 0 Å². The van der Waals surface area contributed by atoms with Crippen LogP contribution in [0.25, 0.3) is 0 Å². The molecule has 1 rings (SSSR count). The first-order valence-electron chi connectivity index (χ1n) is 5.58. The third-order valence-electron chi connectivity index (χ3n) is 2.44. The quantitative estimate of drug-likeness (QED) is 0.833. The molecule has 1 atom stereocenters. The summed E-state index contributed by atoms with van der Waals surface area (Å²) >= 11 is 0. The summed E-state index contributed by atoms with van der Waals surface area (Å²) in [5.74, 6) is 0.893. The van der Waals surface area contributed by atoms with Crippen LogP contribution in [0.4, 0.5) is 0 Å². The first-order chi connectivity index (χ1) is 7.58. The van der Waals surface area contributed by atoms with E-state index in [2.05, 4.69) is 6.07 Å². The summed E-state index contributed by atoms with van der Waals surface area (Å²) in [7, 11) is 1.67. The number of benzene rings is 1. The molecular weight excluding hydrogens is 202 g/mol. The number of ether oxygens (including phenoxy) is 2. The lowest BCUT2D eigenvalue weighted by Gasteiger charge is -2.20. The zero-order chi connectivity index (χ0) is 12.1. The van der Waals surface area contributed by atoms with E-state index >= 15 is 0 Å². The summed E-state index contributed by atoms with van der Waals surface area (Å²) in [6.45, 7) is 6.54. The van der Waals surface area contributed by atoms with Crippen LogP contribution in [0.15, 0.2) is 18.2 Å². The van der Waals surface area contributed by atoms with Gasteiger partial charge in [0.2, 0.25) is 0 Å². The van der Waals surface area contributed by atoms with Crippen LogP contribution in [0.5, 0.6) is 5.75 Å². The van der Waals surface area contributed by atoms with Crippen LogP contribution in [-0.4, -0.2) is 19.8 Å². The van der Waals surface area contributed by atoms with Gasteiger partial charge in [0.1, 0.15) is 5.75 Å². The Kier molecular flexibility index (Phi) is 4.77. The second-order valence-electron chi connectivity index (χ2n) is 4.14. The lowest BCUT2D eigenvalue weighted by Crippen LogP contribution is -2.19. The maximum Gasteiger partial charge on any atom is 0.121 e. The molecule has 0 aliphatic carbocycles. The Morgan fingerprint density at radius 1 is 1.31 bits per heavy atom. The van der Waals surface area contributed by atoms with Crippen LogP contribution in [0, 0.1) is 6.92 Å². The highest BCUT2D eigenvalue weighted by Crippen LogP contribution is 2.24. The van der Waals surface area contributed by atoms with Crippen molar-refractivity contribution >= 4 is 0 Å². The fourth-order valence-corrected chi connectivity index (χ4v) is 1.70. The Morgan fingerprint density at radius 2 is 2.00 bits per heavy atom. The second-order valence-corrected chi connectivity index (χ2v) is 4.14. The molecule has 0 radical (unpaired) electrons. The monoisotopic (exact) mass is 223 g/mol. The molecule has 0 aliphatic rings. The maximum atomic E-state index is 5.75. The molecule has 0 saturated carbocycles. The zero-order valence-electron chi connectivity index (χ0n) is 10.5. The molecule has 3 nitrogen and oxygen atoms in total. The van der Waals surface area contributed by atoms with Gasteiger partial charge in [-0.05, 0) is 44.0 Å². The highest BCUT2D eigenvalue weighted by Gasteiger charge is 2.13. The average Bonchev–Trinajstić information content (AvgIpc) is 2.25. The van der Waals surface area contributed by atoms with Gasteiger partial charge in [0.05, 0.1) is 19.3 Å². The number of nitrogens with two attached hydrogens (primary N) is 1. The molecule has 1 aromatic rings. The van der Waals surface area contributed by atoms with Gasteiger partial charge in [-0.15, -0.1) is 0 Å². The molecule has 0 spiro atoms. The highest BCUT2D eigenvalue weighted by molar-refractivity contribution is 5.37. The molecule has 0 aliphatic heterocycles. The number of hydrogen-bond donors (Lipinski definition) is 1. The van der Waals surface area contributed by atoms with Crippen LogP contribution in [0.3, 0.4) is 0 Å². The molecule has 0 fully saturated rings. The molecule has 1 unspecified atom stereocenters. The maximum absolute atomic E-state index is 5.75. The Morgan fingerprint density at radius 3 is 2.44 bits per heavy atom. The summed E-state index contributed by atoms with van der Waals surface area (Å²) in [5.41, 5.74) is 7.93. The molecule has 0 saturated heterocycles. The van der Waals surface area contributed by atoms with Crippen LogP contribution in [0.2, 0.25) is 0 Å². The van der Waals surface area contributed by atoms with Gasteiger partial charge in [-0.1, -0.05) is 6.07 Å². The van der Waals surface area contributed by atoms with Crippen molar-refractivity contribution in [3.05, 3.63) is 29.3 Å². The predicted octanol–water partition coefficient (Wildman–Crippen LogP) is 2.43. The van der Waals surface area contributed by atoms with Crippen LogP contribution < -0.4 is 10.5 Å². The lowest BCUT2D eigenvalue weighted by atomic mass is 10.1.